The van der Waals surface area contributed by atoms with E-state index >= 15 is 0 Å². The smallest absolute Gasteiger partial charge is 0.223 e. The SMILES string of the molecule is COc1ccccc1CCC(=O)N(C)Cc1nccs1. The molecule has 0 aliphatic rings. The molecule has 5 heteroatoms. The molecule has 4 nitrogen and oxygen atoms in total. The van der Waals surface area contributed by atoms with Gasteiger partial charge in [0.05, 0.1) is 13.7 Å². The van der Waals surface area contributed by atoms with E-state index in [0.29, 0.717) is 19.4 Å². The van der Waals surface area contributed by atoms with Crippen LogP contribution >= 0.6 is 11.3 Å². The Bertz CT molecular complexity index is 555. The van der Waals surface area contributed by atoms with Crippen LogP contribution in [0, 0.1) is 0 Å². The molecule has 0 radical (unpaired) electrons. The summed E-state index contributed by atoms with van der Waals surface area (Å²) in [6.45, 7) is 0.572. The van der Waals surface area contributed by atoms with Gasteiger partial charge in [-0.2, -0.15) is 0 Å². The minimum Gasteiger partial charge on any atom is -0.496 e. The molecule has 0 fully saturated rings. The number of ether oxygens (including phenoxy) is 1. The zero-order valence-electron chi connectivity index (χ0n) is 11.7. The Labute approximate surface area is 123 Å². The second-order valence-electron chi connectivity index (χ2n) is 4.49. The molecule has 106 valence electrons. The molecule has 0 aliphatic carbocycles. The number of hydrogen-bond donors (Lipinski definition) is 0. The van der Waals surface area contributed by atoms with E-state index in [0.717, 1.165) is 16.3 Å². The predicted octanol–water partition coefficient (Wildman–Crippen LogP) is 2.74. The monoisotopic (exact) mass is 290 g/mol. The highest BCUT2D eigenvalue weighted by Gasteiger charge is 2.12. The summed E-state index contributed by atoms with van der Waals surface area (Å²) >= 11 is 1.56. The van der Waals surface area contributed by atoms with Crippen LogP contribution in [0.4, 0.5) is 0 Å². The Morgan fingerprint density at radius 2 is 2.20 bits per heavy atom. The molecule has 2 aromatic rings. The summed E-state index contributed by atoms with van der Waals surface area (Å²) in [4.78, 5) is 18.0. The van der Waals surface area contributed by atoms with Crippen molar-refractivity contribution in [2.75, 3.05) is 14.2 Å². The maximum absolute atomic E-state index is 12.1. The number of carbonyl (C=O) groups excluding carboxylic acids is 1. The van der Waals surface area contributed by atoms with Gasteiger partial charge in [-0.1, -0.05) is 18.2 Å². The third-order valence-corrected chi connectivity index (χ3v) is 3.85. The molecule has 2 rings (SSSR count). The average molecular weight is 290 g/mol. The average Bonchev–Trinajstić information content (AvgIpc) is 2.97. The van der Waals surface area contributed by atoms with E-state index in [2.05, 4.69) is 4.98 Å². The van der Waals surface area contributed by atoms with Crippen LogP contribution in [0.1, 0.15) is 17.0 Å². The zero-order valence-corrected chi connectivity index (χ0v) is 12.5. The molecular formula is C15H18N2O2S. The van der Waals surface area contributed by atoms with Gasteiger partial charge < -0.3 is 9.64 Å². The summed E-state index contributed by atoms with van der Waals surface area (Å²) in [5.41, 5.74) is 1.06. The number of aryl methyl sites for hydroxylation is 1. The number of aromatic nitrogens is 1. The lowest BCUT2D eigenvalue weighted by molar-refractivity contribution is -0.130. The summed E-state index contributed by atoms with van der Waals surface area (Å²) in [5.74, 6) is 0.953. The first-order valence-corrected chi connectivity index (χ1v) is 7.33. The minimum atomic E-state index is 0.117. The zero-order chi connectivity index (χ0) is 14.4. The summed E-state index contributed by atoms with van der Waals surface area (Å²) < 4.78 is 5.29. The summed E-state index contributed by atoms with van der Waals surface area (Å²) in [7, 11) is 3.46. The lowest BCUT2D eigenvalue weighted by atomic mass is 10.1. The highest BCUT2D eigenvalue weighted by Crippen LogP contribution is 2.19. The van der Waals surface area contributed by atoms with E-state index in [4.69, 9.17) is 4.74 Å². The molecule has 1 amide bonds. The second kappa shape index (κ2) is 7.05. The van der Waals surface area contributed by atoms with Crippen molar-refractivity contribution in [1.29, 1.82) is 0 Å². The minimum absolute atomic E-state index is 0.117. The lowest BCUT2D eigenvalue weighted by Gasteiger charge is -2.16. The number of benzene rings is 1. The maximum atomic E-state index is 12.1. The van der Waals surface area contributed by atoms with Gasteiger partial charge >= 0.3 is 0 Å². The molecule has 0 saturated heterocycles. The Morgan fingerprint density at radius 3 is 2.90 bits per heavy atom. The van der Waals surface area contributed by atoms with Crippen molar-refractivity contribution in [3.8, 4) is 5.75 Å². The molecule has 20 heavy (non-hydrogen) atoms. The standard InChI is InChI=1S/C15H18N2O2S/c1-17(11-14-16-9-10-20-14)15(18)8-7-12-5-3-4-6-13(12)19-2/h3-6,9-10H,7-8,11H2,1-2H3. The number of methoxy groups -OCH3 is 1. The molecule has 0 N–H and O–H groups in total. The van der Waals surface area contributed by atoms with Gasteiger partial charge in [0.15, 0.2) is 0 Å². The van der Waals surface area contributed by atoms with Gasteiger partial charge in [0.1, 0.15) is 10.8 Å². The molecule has 1 aromatic heterocycles. The quantitative estimate of drug-likeness (QED) is 0.821. The number of amides is 1. The first kappa shape index (κ1) is 14.5. The number of nitrogens with zero attached hydrogens (tertiary/aromatic N) is 2. The van der Waals surface area contributed by atoms with Crippen LogP contribution in [-0.4, -0.2) is 29.9 Å². The molecule has 1 heterocycles. The Balaban J connectivity index is 1.88. The fraction of sp³-hybridized carbons (Fsp3) is 0.333. The predicted molar refractivity (Wildman–Crippen MR) is 79.9 cm³/mol. The van der Waals surface area contributed by atoms with E-state index in [1.807, 2.05) is 36.7 Å². The van der Waals surface area contributed by atoms with Crippen molar-refractivity contribution < 1.29 is 9.53 Å². The van der Waals surface area contributed by atoms with Crippen molar-refractivity contribution >= 4 is 17.2 Å². The van der Waals surface area contributed by atoms with Crippen LogP contribution in [0.5, 0.6) is 5.75 Å². The second-order valence-corrected chi connectivity index (χ2v) is 5.47. The van der Waals surface area contributed by atoms with Crippen LogP contribution in [0.25, 0.3) is 0 Å². The molecule has 1 aromatic carbocycles. The summed E-state index contributed by atoms with van der Waals surface area (Å²) in [6, 6.07) is 7.80. The lowest BCUT2D eigenvalue weighted by Crippen LogP contribution is -2.26. The van der Waals surface area contributed by atoms with E-state index in [9.17, 15) is 4.79 Å². The van der Waals surface area contributed by atoms with Crippen molar-refractivity contribution in [1.82, 2.24) is 9.88 Å². The molecule has 0 aliphatic heterocycles. The van der Waals surface area contributed by atoms with Crippen molar-refractivity contribution in [3.63, 3.8) is 0 Å². The molecule has 0 spiro atoms. The van der Waals surface area contributed by atoms with Crippen LogP contribution in [0.2, 0.25) is 0 Å². The van der Waals surface area contributed by atoms with E-state index in [1.165, 1.54) is 0 Å². The summed E-state index contributed by atoms with van der Waals surface area (Å²) in [5, 5.41) is 2.88. The van der Waals surface area contributed by atoms with E-state index in [-0.39, 0.29) is 5.91 Å². The van der Waals surface area contributed by atoms with Crippen LogP contribution in [-0.2, 0) is 17.8 Å². The van der Waals surface area contributed by atoms with Gasteiger partial charge in [-0.3, -0.25) is 4.79 Å². The largest absolute Gasteiger partial charge is 0.496 e. The molecule has 0 bridgehead atoms. The molecule has 0 atom stereocenters. The number of thiazole rings is 1. The van der Waals surface area contributed by atoms with Gasteiger partial charge in [-0.15, -0.1) is 11.3 Å². The number of carbonyl (C=O) groups is 1. The molecular weight excluding hydrogens is 272 g/mol. The van der Waals surface area contributed by atoms with E-state index in [1.54, 1.807) is 29.5 Å². The van der Waals surface area contributed by atoms with Crippen LogP contribution in [0.3, 0.4) is 0 Å². The Hall–Kier alpha value is -1.88. The van der Waals surface area contributed by atoms with Gasteiger partial charge in [-0.05, 0) is 18.1 Å². The van der Waals surface area contributed by atoms with Gasteiger partial charge in [0.2, 0.25) is 5.91 Å². The van der Waals surface area contributed by atoms with Gasteiger partial charge in [-0.25, -0.2) is 4.98 Å². The fourth-order valence-electron chi connectivity index (χ4n) is 1.96. The first-order chi connectivity index (χ1) is 9.70. The van der Waals surface area contributed by atoms with Gasteiger partial charge in [0, 0.05) is 25.0 Å². The third kappa shape index (κ3) is 3.81. The van der Waals surface area contributed by atoms with Crippen molar-refractivity contribution in [2.24, 2.45) is 0 Å². The highest BCUT2D eigenvalue weighted by molar-refractivity contribution is 7.09. The van der Waals surface area contributed by atoms with Crippen LogP contribution < -0.4 is 4.74 Å². The topological polar surface area (TPSA) is 42.4 Å². The van der Waals surface area contributed by atoms with Crippen molar-refractivity contribution in [2.45, 2.75) is 19.4 Å². The Kier molecular flexibility index (Phi) is 5.12. The van der Waals surface area contributed by atoms with Gasteiger partial charge in [0.25, 0.3) is 0 Å². The number of para-hydroxylation sites is 1. The normalized spacial score (nSPS) is 10.3. The maximum Gasteiger partial charge on any atom is 0.223 e. The number of rotatable bonds is 6. The fourth-order valence-corrected chi connectivity index (χ4v) is 2.63. The highest BCUT2D eigenvalue weighted by atomic mass is 32.1. The molecule has 0 unspecified atom stereocenters. The van der Waals surface area contributed by atoms with Crippen molar-refractivity contribution in [3.05, 3.63) is 46.4 Å². The van der Waals surface area contributed by atoms with Crippen LogP contribution in [0.15, 0.2) is 35.8 Å². The summed E-state index contributed by atoms with van der Waals surface area (Å²) in [6.07, 6.45) is 2.92. The Morgan fingerprint density at radius 1 is 1.40 bits per heavy atom. The third-order valence-electron chi connectivity index (χ3n) is 3.08. The molecule has 0 saturated carbocycles. The first-order valence-electron chi connectivity index (χ1n) is 6.45. The number of hydrogen-bond acceptors (Lipinski definition) is 4. The van der Waals surface area contributed by atoms with E-state index < -0.39 is 0 Å².